The number of hydrogen-bond acceptors (Lipinski definition) is 2. The highest BCUT2D eigenvalue weighted by molar-refractivity contribution is 7.99. The zero-order valence-corrected chi connectivity index (χ0v) is 8.99. The molecule has 70 valence electrons. The standard InChI is InChI=1S/C9H18NOS/c1-9(12(2)3)8-10-4-6-11-7-5-10/h8H,4-7H2,1-3H3/q+1/b9-8+. The first-order valence-electron chi connectivity index (χ1n) is 4.28. The molecule has 1 saturated heterocycles. The van der Waals surface area contributed by atoms with Crippen LogP contribution in [0, 0.1) is 0 Å². The normalized spacial score (nSPS) is 20.3. The van der Waals surface area contributed by atoms with Crippen LogP contribution in [-0.4, -0.2) is 43.7 Å². The second-order valence-electron chi connectivity index (χ2n) is 3.20. The van der Waals surface area contributed by atoms with E-state index in [2.05, 4.69) is 30.5 Å². The molecule has 0 aliphatic carbocycles. The minimum atomic E-state index is 0.417. The minimum absolute atomic E-state index is 0.417. The van der Waals surface area contributed by atoms with Crippen molar-refractivity contribution in [2.75, 3.05) is 38.8 Å². The summed E-state index contributed by atoms with van der Waals surface area (Å²) in [6.07, 6.45) is 6.80. The predicted octanol–water partition coefficient (Wildman–Crippen LogP) is 1.06. The molecule has 1 aliphatic heterocycles. The largest absolute Gasteiger partial charge is 0.378 e. The first-order valence-corrected chi connectivity index (χ1v) is 6.32. The summed E-state index contributed by atoms with van der Waals surface area (Å²) in [4.78, 5) is 3.84. The van der Waals surface area contributed by atoms with Crippen molar-refractivity contribution in [1.29, 1.82) is 0 Å². The van der Waals surface area contributed by atoms with Crippen molar-refractivity contribution in [3.63, 3.8) is 0 Å². The van der Waals surface area contributed by atoms with Gasteiger partial charge in [0.2, 0.25) is 0 Å². The number of morpholine rings is 1. The van der Waals surface area contributed by atoms with E-state index < -0.39 is 0 Å². The Labute approximate surface area is 77.9 Å². The summed E-state index contributed by atoms with van der Waals surface area (Å²) >= 11 is 0. The molecule has 0 aromatic rings. The number of ether oxygens (including phenoxy) is 1. The third-order valence-corrected chi connectivity index (χ3v) is 3.45. The molecule has 1 heterocycles. The molecule has 0 unspecified atom stereocenters. The summed E-state index contributed by atoms with van der Waals surface area (Å²) in [5, 5.41) is 0. The monoisotopic (exact) mass is 188 g/mol. The van der Waals surface area contributed by atoms with Crippen LogP contribution in [0.2, 0.25) is 0 Å². The minimum Gasteiger partial charge on any atom is -0.378 e. The van der Waals surface area contributed by atoms with Crippen molar-refractivity contribution in [3.8, 4) is 0 Å². The van der Waals surface area contributed by atoms with E-state index in [0.29, 0.717) is 10.9 Å². The molecule has 12 heavy (non-hydrogen) atoms. The Balaban J connectivity index is 2.41. The van der Waals surface area contributed by atoms with E-state index >= 15 is 0 Å². The van der Waals surface area contributed by atoms with E-state index in [1.807, 2.05) is 0 Å². The van der Waals surface area contributed by atoms with Gasteiger partial charge in [-0.3, -0.25) is 0 Å². The molecule has 2 nitrogen and oxygen atoms in total. The van der Waals surface area contributed by atoms with E-state index in [9.17, 15) is 0 Å². The van der Waals surface area contributed by atoms with Crippen molar-refractivity contribution in [2.45, 2.75) is 6.92 Å². The molecule has 1 fully saturated rings. The fourth-order valence-electron chi connectivity index (χ4n) is 1.07. The quantitative estimate of drug-likeness (QED) is 0.601. The number of rotatable bonds is 2. The molecule has 0 saturated carbocycles. The second kappa shape index (κ2) is 4.77. The van der Waals surface area contributed by atoms with E-state index in [4.69, 9.17) is 4.74 Å². The van der Waals surface area contributed by atoms with Crippen LogP contribution in [0.4, 0.5) is 0 Å². The van der Waals surface area contributed by atoms with Gasteiger partial charge >= 0.3 is 0 Å². The smallest absolute Gasteiger partial charge is 0.144 e. The van der Waals surface area contributed by atoms with Gasteiger partial charge in [0.25, 0.3) is 0 Å². The molecule has 0 radical (unpaired) electrons. The van der Waals surface area contributed by atoms with Gasteiger partial charge in [-0.15, -0.1) is 0 Å². The number of hydrogen-bond donors (Lipinski definition) is 0. The van der Waals surface area contributed by atoms with Crippen molar-refractivity contribution in [1.82, 2.24) is 4.90 Å². The molecule has 0 amide bonds. The van der Waals surface area contributed by atoms with Crippen molar-refractivity contribution >= 4 is 10.9 Å². The molecule has 0 spiro atoms. The fraction of sp³-hybridized carbons (Fsp3) is 0.778. The third-order valence-electron chi connectivity index (χ3n) is 2.05. The maximum atomic E-state index is 5.27. The Bertz CT molecular complexity index is 162. The summed E-state index contributed by atoms with van der Waals surface area (Å²) in [6.45, 7) is 6.07. The van der Waals surface area contributed by atoms with Gasteiger partial charge in [-0.05, 0) is 0 Å². The Morgan fingerprint density at radius 2 is 1.92 bits per heavy atom. The molecule has 0 N–H and O–H groups in total. The lowest BCUT2D eigenvalue weighted by Gasteiger charge is -2.25. The molecule has 1 rings (SSSR count). The molecule has 0 atom stereocenters. The lowest BCUT2D eigenvalue weighted by molar-refractivity contribution is 0.0592. The van der Waals surface area contributed by atoms with Crippen LogP contribution < -0.4 is 0 Å². The van der Waals surface area contributed by atoms with Gasteiger partial charge in [0, 0.05) is 30.9 Å². The highest BCUT2D eigenvalue weighted by Gasteiger charge is 2.11. The highest BCUT2D eigenvalue weighted by atomic mass is 32.2. The van der Waals surface area contributed by atoms with Crippen LogP contribution in [0.5, 0.6) is 0 Å². The molecular formula is C9H18NOS+. The molecule has 0 aromatic heterocycles. The van der Waals surface area contributed by atoms with Crippen LogP contribution >= 0.6 is 0 Å². The van der Waals surface area contributed by atoms with Crippen LogP contribution in [-0.2, 0) is 15.6 Å². The fourth-order valence-corrected chi connectivity index (χ4v) is 1.43. The molecular weight excluding hydrogens is 170 g/mol. The zero-order valence-electron chi connectivity index (χ0n) is 8.17. The Kier molecular flexibility index (Phi) is 3.95. The average Bonchev–Trinajstić information content (AvgIpc) is 2.06. The van der Waals surface area contributed by atoms with E-state index in [1.54, 1.807) is 0 Å². The molecule has 0 aromatic carbocycles. The summed E-state index contributed by atoms with van der Waals surface area (Å²) in [5.41, 5.74) is 0. The summed E-state index contributed by atoms with van der Waals surface area (Å²) in [7, 11) is 0.417. The van der Waals surface area contributed by atoms with Gasteiger partial charge in [-0.25, -0.2) is 0 Å². The molecule has 0 bridgehead atoms. The van der Waals surface area contributed by atoms with Gasteiger partial charge in [-0.2, -0.15) is 0 Å². The van der Waals surface area contributed by atoms with Crippen LogP contribution in [0.3, 0.4) is 0 Å². The number of nitrogens with zero attached hydrogens (tertiary/aromatic N) is 1. The average molecular weight is 188 g/mol. The second-order valence-corrected chi connectivity index (χ2v) is 5.48. The Hall–Kier alpha value is -0.150. The summed E-state index contributed by atoms with van der Waals surface area (Å²) < 4.78 is 5.27. The van der Waals surface area contributed by atoms with Crippen LogP contribution in [0.1, 0.15) is 6.92 Å². The lowest BCUT2D eigenvalue weighted by Crippen LogP contribution is -2.32. The SMILES string of the molecule is C/C(=C\N1CCOCC1)[S+](C)C. The van der Waals surface area contributed by atoms with Gasteiger partial charge in [-0.1, -0.05) is 0 Å². The summed E-state index contributed by atoms with van der Waals surface area (Å²) in [5.74, 6) is 0. The van der Waals surface area contributed by atoms with Crippen molar-refractivity contribution < 1.29 is 4.74 Å². The van der Waals surface area contributed by atoms with E-state index in [0.717, 1.165) is 26.3 Å². The first kappa shape index (κ1) is 9.93. The zero-order chi connectivity index (χ0) is 8.97. The molecule has 1 aliphatic rings. The van der Waals surface area contributed by atoms with Crippen molar-refractivity contribution in [3.05, 3.63) is 11.1 Å². The van der Waals surface area contributed by atoms with E-state index in [-0.39, 0.29) is 0 Å². The topological polar surface area (TPSA) is 12.5 Å². The maximum absolute atomic E-state index is 5.27. The Morgan fingerprint density at radius 1 is 1.33 bits per heavy atom. The van der Waals surface area contributed by atoms with Crippen LogP contribution in [0.15, 0.2) is 11.1 Å². The molecule has 3 heteroatoms. The van der Waals surface area contributed by atoms with Gasteiger partial charge in [0.15, 0.2) is 0 Å². The predicted molar refractivity (Wildman–Crippen MR) is 55.4 cm³/mol. The Morgan fingerprint density at radius 3 is 2.42 bits per heavy atom. The third kappa shape index (κ3) is 3.07. The van der Waals surface area contributed by atoms with Crippen LogP contribution in [0.25, 0.3) is 0 Å². The van der Waals surface area contributed by atoms with E-state index in [1.165, 1.54) is 4.91 Å². The highest BCUT2D eigenvalue weighted by Crippen LogP contribution is 2.06. The van der Waals surface area contributed by atoms with Gasteiger partial charge in [0.05, 0.1) is 19.4 Å². The van der Waals surface area contributed by atoms with Gasteiger partial charge in [0.1, 0.15) is 17.4 Å². The summed E-state index contributed by atoms with van der Waals surface area (Å²) in [6, 6.07) is 0. The first-order chi connectivity index (χ1) is 5.70. The maximum Gasteiger partial charge on any atom is 0.144 e. The lowest BCUT2D eigenvalue weighted by atomic mass is 10.4. The van der Waals surface area contributed by atoms with Gasteiger partial charge < -0.3 is 9.64 Å². The van der Waals surface area contributed by atoms with Crippen molar-refractivity contribution in [2.24, 2.45) is 0 Å². The number of allylic oxidation sites excluding steroid dienone is 1.